The van der Waals surface area contributed by atoms with Crippen LogP contribution in [-0.4, -0.2) is 43.3 Å². The van der Waals surface area contributed by atoms with Crippen LogP contribution in [-0.2, 0) is 14.8 Å². The predicted octanol–water partition coefficient (Wildman–Crippen LogP) is 1.16. The third-order valence-electron chi connectivity index (χ3n) is 2.19. The van der Waals surface area contributed by atoms with Gasteiger partial charge in [-0.05, 0) is 30.8 Å². The van der Waals surface area contributed by atoms with Crippen molar-refractivity contribution in [2.24, 2.45) is 5.92 Å². The fourth-order valence-electron chi connectivity index (χ4n) is 1.14. The second-order valence-corrected chi connectivity index (χ2v) is 7.15. The predicted molar refractivity (Wildman–Crippen MR) is 70.8 cm³/mol. The Hall–Kier alpha value is -0.270. The molecule has 0 saturated carbocycles. The highest BCUT2D eigenvalue weighted by Gasteiger charge is 2.23. The summed E-state index contributed by atoms with van der Waals surface area (Å²) in [5.74, 6) is -0.245. The van der Waals surface area contributed by atoms with Crippen LogP contribution in [0.4, 0.5) is 0 Å². The van der Waals surface area contributed by atoms with Gasteiger partial charge in [-0.25, -0.2) is 13.1 Å². The van der Waals surface area contributed by atoms with Crippen molar-refractivity contribution in [3.05, 3.63) is 0 Å². The maximum absolute atomic E-state index is 11.6. The highest BCUT2D eigenvalue weighted by molar-refractivity contribution is 7.98. The molecule has 1 atom stereocenters. The quantitative estimate of drug-likeness (QED) is 0.663. The Labute approximate surface area is 107 Å². The Morgan fingerprint density at radius 2 is 1.94 bits per heavy atom. The van der Waals surface area contributed by atoms with Crippen molar-refractivity contribution in [2.45, 2.75) is 32.7 Å². The summed E-state index contributed by atoms with van der Waals surface area (Å²) in [4.78, 5) is 10.9. The molecule has 17 heavy (non-hydrogen) atoms. The van der Waals surface area contributed by atoms with Crippen LogP contribution in [0.25, 0.3) is 0 Å². The van der Waals surface area contributed by atoms with Crippen LogP contribution in [0.5, 0.6) is 0 Å². The van der Waals surface area contributed by atoms with E-state index in [1.807, 2.05) is 20.1 Å². The average molecular weight is 283 g/mol. The van der Waals surface area contributed by atoms with Crippen molar-refractivity contribution >= 4 is 27.8 Å². The van der Waals surface area contributed by atoms with E-state index in [1.165, 1.54) is 11.8 Å². The summed E-state index contributed by atoms with van der Waals surface area (Å²) in [7, 11) is -3.49. The number of hydrogen-bond acceptors (Lipinski definition) is 4. The van der Waals surface area contributed by atoms with Crippen LogP contribution in [0.3, 0.4) is 0 Å². The number of thioether (sulfide) groups is 1. The lowest BCUT2D eigenvalue weighted by Gasteiger charge is -2.14. The Morgan fingerprint density at radius 1 is 1.35 bits per heavy atom. The number of rotatable bonds is 9. The van der Waals surface area contributed by atoms with E-state index >= 15 is 0 Å². The largest absolute Gasteiger partial charge is 0.480 e. The number of aliphatic carboxylic acids is 1. The second kappa shape index (κ2) is 7.94. The van der Waals surface area contributed by atoms with Crippen LogP contribution in [0.2, 0.25) is 0 Å². The fourth-order valence-corrected chi connectivity index (χ4v) is 3.16. The highest BCUT2D eigenvalue weighted by atomic mass is 32.2. The molecule has 0 spiro atoms. The third kappa shape index (κ3) is 8.45. The number of sulfonamides is 1. The lowest BCUT2D eigenvalue weighted by atomic mass is 10.2. The van der Waals surface area contributed by atoms with Crippen LogP contribution in [0.15, 0.2) is 0 Å². The van der Waals surface area contributed by atoms with E-state index in [0.717, 1.165) is 0 Å². The van der Waals surface area contributed by atoms with Gasteiger partial charge in [0.1, 0.15) is 6.04 Å². The highest BCUT2D eigenvalue weighted by Crippen LogP contribution is 2.06. The van der Waals surface area contributed by atoms with E-state index in [-0.39, 0.29) is 11.7 Å². The first-order chi connectivity index (χ1) is 7.78. The summed E-state index contributed by atoms with van der Waals surface area (Å²) in [6, 6.07) is -1.01. The summed E-state index contributed by atoms with van der Waals surface area (Å²) < 4.78 is 25.5. The molecule has 0 fully saturated rings. The van der Waals surface area contributed by atoms with Crippen molar-refractivity contribution in [3.63, 3.8) is 0 Å². The molecule has 0 radical (unpaired) electrons. The van der Waals surface area contributed by atoms with Crippen molar-refractivity contribution in [2.75, 3.05) is 17.8 Å². The van der Waals surface area contributed by atoms with Gasteiger partial charge in [-0.1, -0.05) is 13.8 Å². The summed E-state index contributed by atoms with van der Waals surface area (Å²) in [5, 5.41) is 8.90. The van der Waals surface area contributed by atoms with Crippen LogP contribution in [0, 0.1) is 5.92 Å². The van der Waals surface area contributed by atoms with Gasteiger partial charge in [-0.3, -0.25) is 4.79 Å². The molecule has 0 aromatic carbocycles. The van der Waals surface area contributed by atoms with Gasteiger partial charge in [-0.15, -0.1) is 0 Å². The van der Waals surface area contributed by atoms with Gasteiger partial charge in [0.25, 0.3) is 0 Å². The van der Waals surface area contributed by atoms with Crippen molar-refractivity contribution in [3.8, 4) is 0 Å². The van der Waals surface area contributed by atoms with Crippen LogP contribution >= 0.6 is 11.8 Å². The minimum absolute atomic E-state index is 0.0201. The maximum atomic E-state index is 11.6. The van der Waals surface area contributed by atoms with Gasteiger partial charge in [0.05, 0.1) is 5.75 Å². The Kier molecular flexibility index (Phi) is 7.82. The maximum Gasteiger partial charge on any atom is 0.321 e. The van der Waals surface area contributed by atoms with Gasteiger partial charge in [0, 0.05) is 0 Å². The molecular formula is C10H21NO4S2. The van der Waals surface area contributed by atoms with E-state index in [9.17, 15) is 13.2 Å². The monoisotopic (exact) mass is 283 g/mol. The van der Waals surface area contributed by atoms with E-state index in [2.05, 4.69) is 4.72 Å². The van der Waals surface area contributed by atoms with Crippen molar-refractivity contribution in [1.29, 1.82) is 0 Å². The molecule has 0 aliphatic rings. The molecule has 7 heteroatoms. The first kappa shape index (κ1) is 16.7. The third-order valence-corrected chi connectivity index (χ3v) is 4.26. The number of carbonyl (C=O) groups is 1. The molecule has 0 aliphatic carbocycles. The van der Waals surface area contributed by atoms with Crippen LogP contribution in [0.1, 0.15) is 26.7 Å². The molecule has 5 nitrogen and oxygen atoms in total. The first-order valence-corrected chi connectivity index (χ1v) is 8.55. The molecule has 0 unspecified atom stereocenters. The second-order valence-electron chi connectivity index (χ2n) is 4.29. The van der Waals surface area contributed by atoms with E-state index in [1.54, 1.807) is 0 Å². The SMILES string of the molecule is CSCC[C@H](NS(=O)(=O)CCC(C)C)C(=O)O. The summed E-state index contributed by atoms with van der Waals surface area (Å²) in [5.41, 5.74) is 0. The molecular weight excluding hydrogens is 262 g/mol. The topological polar surface area (TPSA) is 83.5 Å². The van der Waals surface area contributed by atoms with Gasteiger partial charge < -0.3 is 5.11 Å². The van der Waals surface area contributed by atoms with Gasteiger partial charge >= 0.3 is 5.97 Å². The smallest absolute Gasteiger partial charge is 0.321 e. The zero-order valence-corrected chi connectivity index (χ0v) is 12.1. The molecule has 0 aliphatic heterocycles. The molecule has 102 valence electrons. The zero-order chi connectivity index (χ0) is 13.5. The van der Waals surface area contributed by atoms with Crippen molar-refractivity contribution < 1.29 is 18.3 Å². The summed E-state index contributed by atoms with van der Waals surface area (Å²) >= 11 is 1.49. The van der Waals surface area contributed by atoms with Crippen molar-refractivity contribution in [1.82, 2.24) is 4.72 Å². The fraction of sp³-hybridized carbons (Fsp3) is 0.900. The molecule has 0 heterocycles. The molecule has 0 aromatic rings. The Bertz CT molecular complexity index is 327. The van der Waals surface area contributed by atoms with Gasteiger partial charge in [-0.2, -0.15) is 11.8 Å². The standard InChI is InChI=1S/C10H21NO4S2/c1-8(2)5-7-17(14,15)11-9(10(12)13)4-6-16-3/h8-9,11H,4-7H2,1-3H3,(H,12,13)/t9-/m0/s1. The van der Waals surface area contributed by atoms with E-state index < -0.39 is 22.0 Å². The lowest BCUT2D eigenvalue weighted by Crippen LogP contribution is -2.42. The zero-order valence-electron chi connectivity index (χ0n) is 10.5. The van der Waals surface area contributed by atoms with Crippen LogP contribution < -0.4 is 4.72 Å². The average Bonchev–Trinajstić information content (AvgIpc) is 2.21. The normalized spacial score (nSPS) is 13.9. The van der Waals surface area contributed by atoms with E-state index in [4.69, 9.17) is 5.11 Å². The minimum Gasteiger partial charge on any atom is -0.480 e. The summed E-state index contributed by atoms with van der Waals surface area (Å²) in [6.07, 6.45) is 2.69. The molecule has 0 bridgehead atoms. The molecule has 2 N–H and O–H groups in total. The molecule has 0 saturated heterocycles. The Morgan fingerprint density at radius 3 is 2.35 bits per heavy atom. The number of carboxylic acid groups (broad SMARTS) is 1. The van der Waals surface area contributed by atoms with Gasteiger partial charge in [0.2, 0.25) is 10.0 Å². The molecule has 0 rings (SSSR count). The number of nitrogens with one attached hydrogen (secondary N) is 1. The lowest BCUT2D eigenvalue weighted by molar-refractivity contribution is -0.139. The first-order valence-electron chi connectivity index (χ1n) is 5.50. The number of carboxylic acids is 1. The molecule has 0 amide bonds. The molecule has 0 aromatic heterocycles. The minimum atomic E-state index is -3.49. The Balaban J connectivity index is 4.37. The van der Waals surface area contributed by atoms with E-state index in [0.29, 0.717) is 18.6 Å². The van der Waals surface area contributed by atoms with Gasteiger partial charge in [0.15, 0.2) is 0 Å². The number of hydrogen-bond donors (Lipinski definition) is 2. The summed E-state index contributed by atoms with van der Waals surface area (Å²) in [6.45, 7) is 3.86.